The van der Waals surface area contributed by atoms with Gasteiger partial charge in [-0.3, -0.25) is 4.79 Å². The second kappa shape index (κ2) is 2.42. The second-order valence-corrected chi connectivity index (χ2v) is 2.33. The third kappa shape index (κ3) is 1.26. The molecule has 9 heavy (non-hydrogen) atoms. The van der Waals surface area contributed by atoms with Crippen molar-refractivity contribution in [2.45, 2.75) is 25.7 Å². The number of rotatable bonds is 2. The van der Waals surface area contributed by atoms with Gasteiger partial charge in [-0.1, -0.05) is 6.42 Å². The van der Waals surface area contributed by atoms with Crippen LogP contribution in [0.2, 0.25) is 0 Å². The molecule has 0 N–H and O–H groups in total. The minimum atomic E-state index is -2.74. The highest BCUT2D eigenvalue weighted by Crippen LogP contribution is 2.28. The van der Waals surface area contributed by atoms with Gasteiger partial charge in [0.05, 0.1) is 0 Å². The van der Waals surface area contributed by atoms with Gasteiger partial charge in [0.15, 0.2) is 0 Å². The molecule has 1 fully saturated rings. The molecule has 0 aliphatic heterocycles. The molecule has 3 heteroatoms. The van der Waals surface area contributed by atoms with Crippen LogP contribution in [-0.2, 0) is 4.79 Å². The van der Waals surface area contributed by atoms with Gasteiger partial charge in [0.1, 0.15) is 0 Å². The number of alkyl halides is 2. The minimum absolute atomic E-state index is 0.315. The Morgan fingerprint density at radius 2 is 2.00 bits per heavy atom. The van der Waals surface area contributed by atoms with E-state index in [0.29, 0.717) is 12.8 Å². The number of ketones is 1. The van der Waals surface area contributed by atoms with E-state index in [0.717, 1.165) is 6.42 Å². The van der Waals surface area contributed by atoms with E-state index in [9.17, 15) is 13.6 Å². The zero-order valence-corrected chi connectivity index (χ0v) is 4.94. The molecule has 0 aromatic heterocycles. The lowest BCUT2D eigenvalue weighted by Gasteiger charge is -2.22. The standard InChI is InChI=1S/C6H8F2O/c7-6(8)5(9)4-2-1-3-4/h4,6H,1-3H2. The van der Waals surface area contributed by atoms with Crippen molar-refractivity contribution in [3.05, 3.63) is 0 Å². The summed E-state index contributed by atoms with van der Waals surface area (Å²) in [6.45, 7) is 0. The van der Waals surface area contributed by atoms with E-state index < -0.39 is 12.2 Å². The number of hydrogen-bond donors (Lipinski definition) is 0. The lowest BCUT2D eigenvalue weighted by Crippen LogP contribution is -2.27. The topological polar surface area (TPSA) is 17.1 Å². The molecule has 0 saturated heterocycles. The van der Waals surface area contributed by atoms with E-state index in [1.807, 2.05) is 0 Å². The van der Waals surface area contributed by atoms with Crippen LogP contribution < -0.4 is 0 Å². The molecule has 0 unspecified atom stereocenters. The van der Waals surface area contributed by atoms with Gasteiger partial charge in [-0.15, -0.1) is 0 Å². The minimum Gasteiger partial charge on any atom is -0.293 e. The van der Waals surface area contributed by atoms with Crippen molar-refractivity contribution in [1.82, 2.24) is 0 Å². The Kier molecular flexibility index (Phi) is 1.78. The molecule has 0 aromatic rings. The summed E-state index contributed by atoms with van der Waals surface area (Å²) in [5.41, 5.74) is 0. The van der Waals surface area contributed by atoms with Crippen molar-refractivity contribution in [2.75, 3.05) is 0 Å². The summed E-state index contributed by atoms with van der Waals surface area (Å²) in [4.78, 5) is 10.4. The third-order valence-corrected chi connectivity index (χ3v) is 1.72. The number of hydrogen-bond acceptors (Lipinski definition) is 1. The first-order valence-corrected chi connectivity index (χ1v) is 3.03. The maximum absolute atomic E-state index is 11.6. The average Bonchev–Trinajstić information content (AvgIpc) is 1.60. The van der Waals surface area contributed by atoms with Crippen LogP contribution in [0.25, 0.3) is 0 Å². The van der Waals surface area contributed by atoms with Crippen LogP contribution >= 0.6 is 0 Å². The number of halogens is 2. The Hall–Kier alpha value is -0.470. The van der Waals surface area contributed by atoms with Crippen LogP contribution in [0, 0.1) is 5.92 Å². The van der Waals surface area contributed by atoms with Gasteiger partial charge >= 0.3 is 0 Å². The number of Topliss-reactive ketones (excluding diaryl/α,β-unsaturated/α-hetero) is 1. The van der Waals surface area contributed by atoms with Crippen molar-refractivity contribution in [3.8, 4) is 0 Å². The van der Waals surface area contributed by atoms with Crippen molar-refractivity contribution in [3.63, 3.8) is 0 Å². The number of carbonyl (C=O) groups is 1. The van der Waals surface area contributed by atoms with Gasteiger partial charge in [-0.2, -0.15) is 0 Å². The zero-order chi connectivity index (χ0) is 6.85. The normalized spacial score (nSPS) is 19.9. The Labute approximate surface area is 52.1 Å². The fourth-order valence-corrected chi connectivity index (χ4v) is 0.871. The molecular formula is C6H8F2O. The molecule has 0 heterocycles. The molecule has 0 atom stereocenters. The van der Waals surface area contributed by atoms with E-state index in [-0.39, 0.29) is 5.92 Å². The summed E-state index contributed by atoms with van der Waals surface area (Å²) in [6, 6.07) is 0. The molecule has 1 saturated carbocycles. The first-order valence-electron chi connectivity index (χ1n) is 3.03. The third-order valence-electron chi connectivity index (χ3n) is 1.72. The predicted octanol–water partition coefficient (Wildman–Crippen LogP) is 1.62. The van der Waals surface area contributed by atoms with Gasteiger partial charge in [0, 0.05) is 5.92 Å². The summed E-state index contributed by atoms with van der Waals surface area (Å²) < 4.78 is 23.1. The Balaban J connectivity index is 2.32. The predicted molar refractivity (Wildman–Crippen MR) is 28.4 cm³/mol. The van der Waals surface area contributed by atoms with Gasteiger partial charge in [0.25, 0.3) is 6.43 Å². The smallest absolute Gasteiger partial charge is 0.293 e. The van der Waals surface area contributed by atoms with E-state index in [1.165, 1.54) is 0 Å². The molecular weight excluding hydrogens is 126 g/mol. The van der Waals surface area contributed by atoms with Crippen molar-refractivity contribution >= 4 is 5.78 Å². The molecule has 1 nitrogen and oxygen atoms in total. The Morgan fingerprint density at radius 1 is 1.44 bits per heavy atom. The van der Waals surface area contributed by atoms with Crippen molar-refractivity contribution in [2.24, 2.45) is 5.92 Å². The van der Waals surface area contributed by atoms with Gasteiger partial charge in [-0.25, -0.2) is 8.78 Å². The van der Waals surface area contributed by atoms with Crippen LogP contribution in [0.15, 0.2) is 0 Å². The zero-order valence-electron chi connectivity index (χ0n) is 4.94. The van der Waals surface area contributed by atoms with Crippen LogP contribution in [0.3, 0.4) is 0 Å². The first kappa shape index (κ1) is 6.65. The van der Waals surface area contributed by atoms with Crippen molar-refractivity contribution < 1.29 is 13.6 Å². The maximum Gasteiger partial charge on any atom is 0.296 e. The summed E-state index contributed by atoms with van der Waals surface area (Å²) in [5, 5.41) is 0. The summed E-state index contributed by atoms with van der Waals surface area (Å²) >= 11 is 0. The largest absolute Gasteiger partial charge is 0.296 e. The molecule has 52 valence electrons. The molecule has 0 radical (unpaired) electrons. The summed E-state index contributed by atoms with van der Waals surface area (Å²) in [6.07, 6.45) is -0.467. The van der Waals surface area contributed by atoms with Crippen LogP contribution in [-0.4, -0.2) is 12.2 Å². The molecule has 0 spiro atoms. The van der Waals surface area contributed by atoms with E-state index in [1.54, 1.807) is 0 Å². The molecule has 1 rings (SSSR count). The van der Waals surface area contributed by atoms with E-state index in [4.69, 9.17) is 0 Å². The molecule has 0 aromatic carbocycles. The highest BCUT2D eigenvalue weighted by Gasteiger charge is 2.30. The fourth-order valence-electron chi connectivity index (χ4n) is 0.871. The molecule has 1 aliphatic rings. The highest BCUT2D eigenvalue weighted by atomic mass is 19.3. The van der Waals surface area contributed by atoms with Gasteiger partial charge in [0.2, 0.25) is 5.78 Å². The molecule has 1 aliphatic carbocycles. The Morgan fingerprint density at radius 3 is 2.11 bits per heavy atom. The fraction of sp³-hybridized carbons (Fsp3) is 0.833. The van der Waals surface area contributed by atoms with Gasteiger partial charge < -0.3 is 0 Å². The second-order valence-electron chi connectivity index (χ2n) is 2.33. The Bertz CT molecular complexity index is 118. The SMILES string of the molecule is O=C(C(F)F)C1CCC1. The molecule has 0 amide bonds. The summed E-state index contributed by atoms with van der Waals surface area (Å²) in [5.74, 6) is -1.17. The highest BCUT2D eigenvalue weighted by molar-refractivity contribution is 5.84. The van der Waals surface area contributed by atoms with E-state index in [2.05, 4.69) is 0 Å². The number of carbonyl (C=O) groups excluding carboxylic acids is 1. The van der Waals surface area contributed by atoms with Crippen molar-refractivity contribution in [1.29, 1.82) is 0 Å². The van der Waals surface area contributed by atoms with Gasteiger partial charge in [-0.05, 0) is 12.8 Å². The van der Waals surface area contributed by atoms with Crippen LogP contribution in [0.5, 0.6) is 0 Å². The first-order chi connectivity index (χ1) is 4.22. The monoisotopic (exact) mass is 134 g/mol. The van der Waals surface area contributed by atoms with Crippen LogP contribution in [0.4, 0.5) is 8.78 Å². The quantitative estimate of drug-likeness (QED) is 0.560. The maximum atomic E-state index is 11.6. The lowest BCUT2D eigenvalue weighted by atomic mass is 9.82. The summed E-state index contributed by atoms with van der Waals surface area (Å²) in [7, 11) is 0. The lowest BCUT2D eigenvalue weighted by molar-refractivity contribution is -0.136. The van der Waals surface area contributed by atoms with Crippen LogP contribution in [0.1, 0.15) is 19.3 Å². The average molecular weight is 134 g/mol. The molecule has 0 bridgehead atoms. The van der Waals surface area contributed by atoms with E-state index >= 15 is 0 Å².